The fourth-order valence-corrected chi connectivity index (χ4v) is 6.00. The lowest BCUT2D eigenvalue weighted by Gasteiger charge is -2.46. The molecule has 3 fully saturated rings. The van der Waals surface area contributed by atoms with E-state index in [9.17, 15) is 4.79 Å². The van der Waals surface area contributed by atoms with Crippen molar-refractivity contribution in [2.75, 3.05) is 49.7 Å². The van der Waals surface area contributed by atoms with E-state index in [1.807, 2.05) is 31.2 Å². The Hall–Kier alpha value is -2.75. The van der Waals surface area contributed by atoms with E-state index in [-0.39, 0.29) is 12.1 Å². The Morgan fingerprint density at radius 1 is 1.09 bits per heavy atom. The molecule has 1 aromatic heterocycles. The van der Waals surface area contributed by atoms with E-state index in [1.54, 1.807) is 0 Å². The number of nitrogens with zero attached hydrogens (tertiary/aromatic N) is 4. The zero-order valence-corrected chi connectivity index (χ0v) is 20.5. The zero-order valence-electron chi connectivity index (χ0n) is 20.5. The fourth-order valence-electron chi connectivity index (χ4n) is 6.00. The van der Waals surface area contributed by atoms with Crippen LogP contribution in [-0.2, 0) is 15.9 Å². The molecular weight excluding hydrogens is 444 g/mol. The predicted molar refractivity (Wildman–Crippen MR) is 134 cm³/mol. The third-order valence-corrected chi connectivity index (χ3v) is 7.74. The van der Waals surface area contributed by atoms with E-state index in [2.05, 4.69) is 27.4 Å². The molecule has 4 aliphatic rings. The van der Waals surface area contributed by atoms with Gasteiger partial charge in [0.1, 0.15) is 5.82 Å². The third kappa shape index (κ3) is 4.15. The number of aromatic nitrogens is 2. The normalized spacial score (nSPS) is 26.2. The summed E-state index contributed by atoms with van der Waals surface area (Å²) in [4.78, 5) is 27.3. The number of benzene rings is 1. The van der Waals surface area contributed by atoms with Gasteiger partial charge in [-0.2, -0.15) is 0 Å². The SMILES string of the molecule is CCNC(=O)Nc1ccc(-c2nc3c(c(N4CCOC[C@@H]4C)n2)C2CCC(C3)N2C2COC2)cc1. The molecule has 2 amide bonds. The maximum Gasteiger partial charge on any atom is 0.319 e. The molecule has 0 saturated carbocycles. The average molecular weight is 479 g/mol. The second kappa shape index (κ2) is 9.37. The summed E-state index contributed by atoms with van der Waals surface area (Å²) < 4.78 is 11.3. The molecule has 5 heterocycles. The van der Waals surface area contributed by atoms with Gasteiger partial charge in [-0.05, 0) is 51.0 Å². The Morgan fingerprint density at radius 3 is 2.63 bits per heavy atom. The van der Waals surface area contributed by atoms with E-state index in [1.165, 1.54) is 17.7 Å². The van der Waals surface area contributed by atoms with E-state index in [0.717, 1.165) is 55.5 Å². The largest absolute Gasteiger partial charge is 0.378 e. The van der Waals surface area contributed by atoms with Gasteiger partial charge in [-0.1, -0.05) is 0 Å². The fraction of sp³-hybridized carbons (Fsp3) is 0.577. The number of nitrogens with one attached hydrogen (secondary N) is 2. The van der Waals surface area contributed by atoms with Crippen LogP contribution in [-0.4, -0.2) is 78.5 Å². The quantitative estimate of drug-likeness (QED) is 0.683. The lowest BCUT2D eigenvalue weighted by molar-refractivity contribution is -0.0857. The van der Waals surface area contributed by atoms with E-state index in [4.69, 9.17) is 19.4 Å². The molecule has 9 heteroatoms. The highest BCUT2D eigenvalue weighted by Crippen LogP contribution is 2.49. The highest BCUT2D eigenvalue weighted by atomic mass is 16.5. The van der Waals surface area contributed by atoms with E-state index in [0.29, 0.717) is 37.9 Å². The minimum Gasteiger partial charge on any atom is -0.378 e. The van der Waals surface area contributed by atoms with Crippen molar-refractivity contribution < 1.29 is 14.3 Å². The molecule has 2 bridgehead atoms. The van der Waals surface area contributed by atoms with Gasteiger partial charge >= 0.3 is 6.03 Å². The number of hydrogen-bond acceptors (Lipinski definition) is 7. The number of amides is 2. The van der Waals surface area contributed by atoms with Crippen LogP contribution in [0.5, 0.6) is 0 Å². The van der Waals surface area contributed by atoms with Crippen LogP contribution in [0.4, 0.5) is 16.3 Å². The zero-order chi connectivity index (χ0) is 23.9. The van der Waals surface area contributed by atoms with Gasteiger partial charge in [0.15, 0.2) is 5.82 Å². The summed E-state index contributed by atoms with van der Waals surface area (Å²) in [6.45, 7) is 8.63. The van der Waals surface area contributed by atoms with Crippen LogP contribution in [0.3, 0.4) is 0 Å². The van der Waals surface area contributed by atoms with Gasteiger partial charge in [-0.25, -0.2) is 14.8 Å². The first-order valence-electron chi connectivity index (χ1n) is 12.9. The summed E-state index contributed by atoms with van der Waals surface area (Å²) >= 11 is 0. The second-order valence-electron chi connectivity index (χ2n) is 10.00. The second-order valence-corrected chi connectivity index (χ2v) is 10.00. The van der Waals surface area contributed by atoms with Crippen molar-refractivity contribution in [1.29, 1.82) is 0 Å². The third-order valence-electron chi connectivity index (χ3n) is 7.74. The van der Waals surface area contributed by atoms with E-state index < -0.39 is 0 Å². The Bertz CT molecular complexity index is 1090. The van der Waals surface area contributed by atoms with Crippen LogP contribution >= 0.6 is 0 Å². The van der Waals surface area contributed by atoms with Crippen molar-refractivity contribution in [2.24, 2.45) is 0 Å². The van der Waals surface area contributed by atoms with Crippen LogP contribution in [0.2, 0.25) is 0 Å². The first-order valence-corrected chi connectivity index (χ1v) is 12.9. The lowest BCUT2D eigenvalue weighted by Crippen LogP contribution is -2.54. The topological polar surface area (TPSA) is 91.9 Å². The maximum atomic E-state index is 11.9. The first kappa shape index (κ1) is 22.7. The molecule has 1 aromatic carbocycles. The molecule has 3 atom stereocenters. The van der Waals surface area contributed by atoms with Crippen LogP contribution in [0, 0.1) is 0 Å². The van der Waals surface area contributed by atoms with Crippen LogP contribution in [0.25, 0.3) is 11.4 Å². The summed E-state index contributed by atoms with van der Waals surface area (Å²) in [7, 11) is 0. The molecule has 0 radical (unpaired) electrons. The molecule has 2 N–H and O–H groups in total. The summed E-state index contributed by atoms with van der Waals surface area (Å²) in [5.74, 6) is 1.82. The van der Waals surface area contributed by atoms with Gasteiger partial charge in [0.05, 0.1) is 44.2 Å². The Balaban J connectivity index is 1.37. The summed E-state index contributed by atoms with van der Waals surface area (Å²) in [6.07, 6.45) is 3.31. The average Bonchev–Trinajstić information content (AvgIpc) is 3.10. The van der Waals surface area contributed by atoms with Crippen molar-refractivity contribution in [1.82, 2.24) is 20.2 Å². The first-order chi connectivity index (χ1) is 17.1. The van der Waals surface area contributed by atoms with Gasteiger partial charge in [0, 0.05) is 48.4 Å². The van der Waals surface area contributed by atoms with Crippen molar-refractivity contribution in [2.45, 2.75) is 57.3 Å². The molecule has 35 heavy (non-hydrogen) atoms. The number of ether oxygens (including phenoxy) is 2. The van der Waals surface area contributed by atoms with Gasteiger partial charge in [-0.3, -0.25) is 4.90 Å². The molecule has 3 saturated heterocycles. The monoisotopic (exact) mass is 478 g/mol. The summed E-state index contributed by atoms with van der Waals surface area (Å²) in [5, 5.41) is 5.61. The minimum absolute atomic E-state index is 0.203. The lowest BCUT2D eigenvalue weighted by atomic mass is 9.94. The number of morpholine rings is 1. The Labute approximate surface area is 206 Å². The molecular formula is C26H34N6O3. The van der Waals surface area contributed by atoms with E-state index >= 15 is 0 Å². The number of carbonyl (C=O) groups is 1. The van der Waals surface area contributed by atoms with Gasteiger partial charge < -0.3 is 25.0 Å². The minimum atomic E-state index is -0.203. The molecule has 4 aliphatic heterocycles. The number of fused-ring (bicyclic) bond motifs is 4. The van der Waals surface area contributed by atoms with Crippen molar-refractivity contribution in [3.8, 4) is 11.4 Å². The van der Waals surface area contributed by atoms with Gasteiger partial charge in [0.2, 0.25) is 0 Å². The summed E-state index contributed by atoms with van der Waals surface area (Å²) in [6, 6.07) is 9.27. The van der Waals surface area contributed by atoms with Crippen LogP contribution in [0.1, 0.15) is 44.0 Å². The number of carbonyl (C=O) groups excluding carboxylic acids is 1. The molecule has 0 spiro atoms. The molecule has 9 nitrogen and oxygen atoms in total. The summed E-state index contributed by atoms with van der Waals surface area (Å²) in [5.41, 5.74) is 4.21. The number of rotatable bonds is 5. The number of urea groups is 1. The molecule has 6 rings (SSSR count). The number of hydrogen-bond donors (Lipinski definition) is 2. The maximum absolute atomic E-state index is 11.9. The highest BCUT2D eigenvalue weighted by Gasteiger charge is 2.48. The molecule has 2 aromatic rings. The molecule has 0 aliphatic carbocycles. The molecule has 186 valence electrons. The smallest absolute Gasteiger partial charge is 0.319 e. The Kier molecular flexibility index (Phi) is 6.07. The van der Waals surface area contributed by atoms with Crippen LogP contribution < -0.4 is 15.5 Å². The van der Waals surface area contributed by atoms with Gasteiger partial charge in [-0.15, -0.1) is 0 Å². The Morgan fingerprint density at radius 2 is 1.91 bits per heavy atom. The highest BCUT2D eigenvalue weighted by molar-refractivity contribution is 5.89. The predicted octanol–water partition coefficient (Wildman–Crippen LogP) is 2.97. The van der Waals surface area contributed by atoms with Crippen molar-refractivity contribution in [3.63, 3.8) is 0 Å². The standard InChI is InChI=1S/C26H34N6O3/c1-3-27-26(33)28-18-6-4-17(5-7-18)24-29-21-12-19-8-9-22(32(19)20-14-35-15-20)23(21)25(30-24)31-10-11-34-13-16(31)2/h4-7,16,19-20,22H,3,8-15H2,1-2H3,(H2,27,28,33)/t16-,19?,22?/m0/s1. The van der Waals surface area contributed by atoms with Gasteiger partial charge in [0.25, 0.3) is 0 Å². The number of anilines is 2. The van der Waals surface area contributed by atoms with Crippen LogP contribution in [0.15, 0.2) is 24.3 Å². The molecule has 2 unspecified atom stereocenters. The van der Waals surface area contributed by atoms with Crippen molar-refractivity contribution >= 4 is 17.5 Å². The van der Waals surface area contributed by atoms with Crippen molar-refractivity contribution in [3.05, 3.63) is 35.5 Å².